The Balaban J connectivity index is 1.88. The highest BCUT2D eigenvalue weighted by Crippen LogP contribution is 2.25. The molecule has 1 amide bonds. The number of benzene rings is 2. The first-order valence-electron chi connectivity index (χ1n) is 6.92. The van der Waals surface area contributed by atoms with Crippen molar-refractivity contribution in [2.75, 3.05) is 13.7 Å². The van der Waals surface area contributed by atoms with Crippen LogP contribution in [0, 0.1) is 10.1 Å². The topological polar surface area (TPSA) is 103 Å². The number of hydrogen-bond acceptors (Lipinski definition) is 6. The SMILES string of the molecule is COc1cccc(C=NNC(=O)COc2ccccc2[N+](=O)[O-])c1. The minimum Gasteiger partial charge on any atom is -0.497 e. The molecule has 0 aliphatic heterocycles. The zero-order valence-corrected chi connectivity index (χ0v) is 12.8. The Morgan fingerprint density at radius 2 is 2.08 bits per heavy atom. The molecule has 8 heteroatoms. The quantitative estimate of drug-likeness (QED) is 0.476. The van der Waals surface area contributed by atoms with Crippen LogP contribution < -0.4 is 14.9 Å². The van der Waals surface area contributed by atoms with E-state index in [1.807, 2.05) is 0 Å². The molecule has 1 N–H and O–H groups in total. The molecule has 0 aliphatic rings. The van der Waals surface area contributed by atoms with Crippen LogP contribution in [0.2, 0.25) is 0 Å². The van der Waals surface area contributed by atoms with Crippen LogP contribution in [0.1, 0.15) is 5.56 Å². The number of para-hydroxylation sites is 2. The van der Waals surface area contributed by atoms with Gasteiger partial charge in [0.15, 0.2) is 12.4 Å². The molecule has 0 radical (unpaired) electrons. The van der Waals surface area contributed by atoms with E-state index in [0.717, 1.165) is 5.56 Å². The molecule has 0 unspecified atom stereocenters. The molecule has 0 fully saturated rings. The number of ether oxygens (including phenoxy) is 2. The zero-order chi connectivity index (χ0) is 17.4. The summed E-state index contributed by atoms with van der Waals surface area (Å²) in [6, 6.07) is 12.9. The number of rotatable bonds is 7. The molecule has 2 aromatic carbocycles. The summed E-state index contributed by atoms with van der Waals surface area (Å²) in [4.78, 5) is 21.9. The summed E-state index contributed by atoms with van der Waals surface area (Å²) >= 11 is 0. The maximum atomic E-state index is 11.7. The third-order valence-electron chi connectivity index (χ3n) is 2.92. The van der Waals surface area contributed by atoms with Crippen molar-refractivity contribution in [1.82, 2.24) is 5.43 Å². The Hall–Kier alpha value is -3.42. The smallest absolute Gasteiger partial charge is 0.310 e. The van der Waals surface area contributed by atoms with Crippen molar-refractivity contribution in [1.29, 1.82) is 0 Å². The van der Waals surface area contributed by atoms with E-state index in [1.165, 1.54) is 24.4 Å². The molecule has 0 aliphatic carbocycles. The summed E-state index contributed by atoms with van der Waals surface area (Å²) in [5.41, 5.74) is 2.82. The lowest BCUT2D eigenvalue weighted by Crippen LogP contribution is -2.24. The molecular formula is C16H15N3O5. The molecular weight excluding hydrogens is 314 g/mol. The maximum absolute atomic E-state index is 11.7. The lowest BCUT2D eigenvalue weighted by molar-refractivity contribution is -0.385. The average molecular weight is 329 g/mol. The molecule has 0 atom stereocenters. The van der Waals surface area contributed by atoms with Gasteiger partial charge in [0.1, 0.15) is 5.75 Å². The first-order chi connectivity index (χ1) is 11.6. The van der Waals surface area contributed by atoms with Gasteiger partial charge in [-0.25, -0.2) is 5.43 Å². The average Bonchev–Trinajstić information content (AvgIpc) is 2.60. The number of carbonyl (C=O) groups excluding carboxylic acids is 1. The van der Waals surface area contributed by atoms with Gasteiger partial charge in [0, 0.05) is 6.07 Å². The van der Waals surface area contributed by atoms with Crippen molar-refractivity contribution >= 4 is 17.8 Å². The van der Waals surface area contributed by atoms with Gasteiger partial charge >= 0.3 is 5.69 Å². The molecule has 2 rings (SSSR count). The molecule has 2 aromatic rings. The fourth-order valence-electron chi connectivity index (χ4n) is 1.81. The lowest BCUT2D eigenvalue weighted by atomic mass is 10.2. The summed E-state index contributed by atoms with van der Waals surface area (Å²) < 4.78 is 10.2. The molecule has 0 bridgehead atoms. The van der Waals surface area contributed by atoms with Crippen LogP contribution in [0.3, 0.4) is 0 Å². The number of carbonyl (C=O) groups is 1. The second kappa shape index (κ2) is 8.28. The number of nitro groups is 1. The van der Waals surface area contributed by atoms with E-state index in [2.05, 4.69) is 10.5 Å². The van der Waals surface area contributed by atoms with E-state index in [1.54, 1.807) is 37.4 Å². The molecule has 0 heterocycles. The minimum absolute atomic E-state index is 0.0226. The Morgan fingerprint density at radius 1 is 1.29 bits per heavy atom. The van der Waals surface area contributed by atoms with Crippen molar-refractivity contribution in [3.8, 4) is 11.5 Å². The predicted molar refractivity (Wildman–Crippen MR) is 87.3 cm³/mol. The minimum atomic E-state index is -0.575. The van der Waals surface area contributed by atoms with E-state index in [4.69, 9.17) is 9.47 Å². The molecule has 24 heavy (non-hydrogen) atoms. The van der Waals surface area contributed by atoms with Crippen LogP contribution in [-0.2, 0) is 4.79 Å². The number of amides is 1. The van der Waals surface area contributed by atoms with E-state index in [9.17, 15) is 14.9 Å². The lowest BCUT2D eigenvalue weighted by Gasteiger charge is -2.05. The van der Waals surface area contributed by atoms with Gasteiger partial charge in [-0.1, -0.05) is 24.3 Å². The van der Waals surface area contributed by atoms with E-state index in [-0.39, 0.29) is 18.0 Å². The Bertz CT molecular complexity index is 761. The highest BCUT2D eigenvalue weighted by atomic mass is 16.6. The largest absolute Gasteiger partial charge is 0.497 e. The highest BCUT2D eigenvalue weighted by Gasteiger charge is 2.14. The van der Waals surface area contributed by atoms with Gasteiger partial charge < -0.3 is 9.47 Å². The Labute approximate surface area is 137 Å². The molecule has 0 saturated carbocycles. The highest BCUT2D eigenvalue weighted by molar-refractivity contribution is 5.83. The second-order valence-electron chi connectivity index (χ2n) is 4.58. The Morgan fingerprint density at radius 3 is 2.83 bits per heavy atom. The van der Waals surface area contributed by atoms with Crippen LogP contribution in [-0.4, -0.2) is 30.8 Å². The summed E-state index contributed by atoms with van der Waals surface area (Å²) in [6.07, 6.45) is 1.45. The Kier molecular flexibility index (Phi) is 5.84. The molecule has 8 nitrogen and oxygen atoms in total. The zero-order valence-electron chi connectivity index (χ0n) is 12.8. The van der Waals surface area contributed by atoms with Crippen LogP contribution in [0.15, 0.2) is 53.6 Å². The van der Waals surface area contributed by atoms with Crippen molar-refractivity contribution in [3.05, 3.63) is 64.2 Å². The van der Waals surface area contributed by atoms with Gasteiger partial charge in [-0.05, 0) is 23.8 Å². The fraction of sp³-hybridized carbons (Fsp3) is 0.125. The van der Waals surface area contributed by atoms with Crippen molar-refractivity contribution < 1.29 is 19.2 Å². The monoisotopic (exact) mass is 329 g/mol. The molecule has 0 saturated heterocycles. The second-order valence-corrected chi connectivity index (χ2v) is 4.58. The van der Waals surface area contributed by atoms with Crippen LogP contribution in [0.25, 0.3) is 0 Å². The van der Waals surface area contributed by atoms with Gasteiger partial charge in [-0.15, -0.1) is 0 Å². The first kappa shape index (κ1) is 16.9. The standard InChI is InChI=1S/C16H15N3O5/c1-23-13-6-4-5-12(9-13)10-17-18-16(20)11-24-15-8-3-2-7-14(15)19(21)22/h2-10H,11H2,1H3,(H,18,20). The summed E-state index contributed by atoms with van der Waals surface area (Å²) in [7, 11) is 1.55. The number of hydrogen-bond donors (Lipinski definition) is 1. The van der Waals surface area contributed by atoms with Crippen molar-refractivity contribution in [2.45, 2.75) is 0 Å². The van der Waals surface area contributed by atoms with Crippen molar-refractivity contribution in [3.63, 3.8) is 0 Å². The summed E-state index contributed by atoms with van der Waals surface area (Å²) in [6.45, 7) is -0.389. The van der Waals surface area contributed by atoms with Crippen molar-refractivity contribution in [2.24, 2.45) is 5.10 Å². The van der Waals surface area contributed by atoms with Crippen LogP contribution in [0.4, 0.5) is 5.69 Å². The normalized spacial score (nSPS) is 10.4. The number of nitrogens with zero attached hydrogens (tertiary/aromatic N) is 2. The molecule has 124 valence electrons. The number of nitro benzene ring substituents is 1. The third kappa shape index (κ3) is 4.80. The van der Waals surface area contributed by atoms with Crippen LogP contribution in [0.5, 0.6) is 11.5 Å². The molecule has 0 aromatic heterocycles. The van der Waals surface area contributed by atoms with Gasteiger partial charge in [0.2, 0.25) is 0 Å². The first-order valence-corrected chi connectivity index (χ1v) is 6.92. The third-order valence-corrected chi connectivity index (χ3v) is 2.92. The van der Waals surface area contributed by atoms with Gasteiger partial charge in [0.25, 0.3) is 5.91 Å². The predicted octanol–water partition coefficient (Wildman–Crippen LogP) is 2.13. The maximum Gasteiger partial charge on any atom is 0.310 e. The van der Waals surface area contributed by atoms with E-state index in [0.29, 0.717) is 5.75 Å². The summed E-state index contributed by atoms with van der Waals surface area (Å²) in [5, 5.41) is 14.6. The van der Waals surface area contributed by atoms with Gasteiger partial charge in [0.05, 0.1) is 18.2 Å². The summed E-state index contributed by atoms with van der Waals surface area (Å²) in [5.74, 6) is 0.159. The van der Waals surface area contributed by atoms with Gasteiger partial charge in [-0.2, -0.15) is 5.10 Å². The fourth-order valence-corrected chi connectivity index (χ4v) is 1.81. The van der Waals surface area contributed by atoms with E-state index >= 15 is 0 Å². The van der Waals surface area contributed by atoms with Gasteiger partial charge in [-0.3, -0.25) is 14.9 Å². The van der Waals surface area contributed by atoms with E-state index < -0.39 is 10.8 Å². The van der Waals surface area contributed by atoms with Crippen LogP contribution >= 0.6 is 0 Å². The number of hydrazone groups is 1. The number of methoxy groups -OCH3 is 1. The number of nitrogens with one attached hydrogen (secondary N) is 1. The molecule has 0 spiro atoms.